The summed E-state index contributed by atoms with van der Waals surface area (Å²) in [6.45, 7) is 0. The molecule has 1 aliphatic carbocycles. The van der Waals surface area contributed by atoms with Crippen LogP contribution in [0.15, 0.2) is 197 Å². The summed E-state index contributed by atoms with van der Waals surface area (Å²) in [7, 11) is 0. The molecule has 4 nitrogen and oxygen atoms in total. The molecule has 0 bridgehead atoms. The zero-order valence-electron chi connectivity index (χ0n) is 30.3. The number of fused-ring (bicyclic) bond motifs is 6. The van der Waals surface area contributed by atoms with Gasteiger partial charge in [0.25, 0.3) is 0 Å². The van der Waals surface area contributed by atoms with Gasteiger partial charge in [-0.2, -0.15) is 0 Å². The van der Waals surface area contributed by atoms with E-state index in [0.717, 1.165) is 61.7 Å². The summed E-state index contributed by atoms with van der Waals surface area (Å²) < 4.78 is 8.87. The van der Waals surface area contributed by atoms with Gasteiger partial charge in [-0.05, 0) is 64.6 Å². The van der Waals surface area contributed by atoms with Crippen LogP contribution in [0.25, 0.3) is 71.7 Å². The Bertz CT molecular complexity index is 2930. The minimum Gasteiger partial charge on any atom is -0.455 e. The van der Waals surface area contributed by atoms with Crippen molar-refractivity contribution in [2.45, 2.75) is 18.5 Å². The average Bonchev–Trinajstić information content (AvgIpc) is 3.80. The average molecular weight is 710 g/mol. The van der Waals surface area contributed by atoms with Crippen LogP contribution in [-0.4, -0.2) is 16.8 Å². The van der Waals surface area contributed by atoms with Crippen molar-refractivity contribution in [3.8, 4) is 22.3 Å². The molecule has 0 aliphatic heterocycles. The van der Waals surface area contributed by atoms with Gasteiger partial charge < -0.3 is 14.7 Å². The minimum absolute atomic E-state index is 0.0789. The van der Waals surface area contributed by atoms with Crippen molar-refractivity contribution in [1.29, 1.82) is 0 Å². The van der Waals surface area contributed by atoms with Crippen LogP contribution in [0.3, 0.4) is 0 Å². The Balaban J connectivity index is 1.02. The molecule has 0 saturated heterocycles. The fraction of sp³-hybridized carbons (Fsp3) is 0.0784. The Labute approximate surface area is 320 Å². The maximum atomic E-state index is 7.24. The van der Waals surface area contributed by atoms with E-state index in [4.69, 9.17) is 15.1 Å². The number of para-hydroxylation sites is 3. The number of rotatable bonds is 8. The third-order valence-electron chi connectivity index (χ3n) is 11.1. The van der Waals surface area contributed by atoms with Gasteiger partial charge in [0.1, 0.15) is 11.2 Å². The number of nitrogens with zero attached hydrogens (tertiary/aromatic N) is 2. The van der Waals surface area contributed by atoms with Crippen molar-refractivity contribution in [2.75, 3.05) is 0 Å². The molecule has 0 radical (unpaired) electrons. The fourth-order valence-corrected chi connectivity index (χ4v) is 8.41. The molecular formula is C51H39N3O. The molecule has 0 spiro atoms. The molecule has 2 heterocycles. The molecule has 0 fully saturated rings. The van der Waals surface area contributed by atoms with E-state index >= 15 is 0 Å². The van der Waals surface area contributed by atoms with Crippen LogP contribution in [0.4, 0.5) is 0 Å². The Hall–Kier alpha value is -6.75. The summed E-state index contributed by atoms with van der Waals surface area (Å²) in [5.41, 5.74) is 19.4. The first-order valence-electron chi connectivity index (χ1n) is 19.0. The second-order valence-corrected chi connectivity index (χ2v) is 14.5. The van der Waals surface area contributed by atoms with Crippen LogP contribution in [0, 0.1) is 5.92 Å². The van der Waals surface area contributed by atoms with Gasteiger partial charge in [0.05, 0.1) is 17.1 Å². The predicted octanol–water partition coefficient (Wildman–Crippen LogP) is 12.6. The van der Waals surface area contributed by atoms with Crippen molar-refractivity contribution in [3.63, 3.8) is 0 Å². The number of aromatic nitrogens is 1. The summed E-state index contributed by atoms with van der Waals surface area (Å²) in [4.78, 5) is 5.11. The van der Waals surface area contributed by atoms with Crippen LogP contribution in [0.1, 0.15) is 23.6 Å². The standard InChI is InChI=1S/C51H39N3O/c52-49(50(35-16-5-2-6-17-35)53-33-34-14-3-1-4-15-34)39-20-12-21-40(31-39)54-46-26-9-7-22-42(46)43-29-28-37(32-47(43)54)36-18-11-19-38(30-36)41-24-13-25-45-44-23-8-10-27-48(44)55-51(41)45/h1-30,32-33,39,49-50H,31,52H2/t39?,49?,50-/m1/s1. The first-order chi connectivity index (χ1) is 27.2. The Morgan fingerprint density at radius 3 is 2.18 bits per heavy atom. The topological polar surface area (TPSA) is 56.5 Å². The molecule has 0 saturated carbocycles. The smallest absolute Gasteiger partial charge is 0.143 e. The predicted molar refractivity (Wildman–Crippen MR) is 230 cm³/mol. The normalized spacial score (nSPS) is 15.7. The molecule has 10 rings (SSSR count). The van der Waals surface area contributed by atoms with E-state index in [-0.39, 0.29) is 18.0 Å². The highest BCUT2D eigenvalue weighted by molar-refractivity contribution is 6.12. The van der Waals surface area contributed by atoms with Crippen LogP contribution in [-0.2, 0) is 0 Å². The summed E-state index contributed by atoms with van der Waals surface area (Å²) in [6, 6.07) is 59.4. The van der Waals surface area contributed by atoms with E-state index in [1.54, 1.807) is 0 Å². The van der Waals surface area contributed by atoms with E-state index in [1.165, 1.54) is 27.5 Å². The molecule has 264 valence electrons. The highest BCUT2D eigenvalue weighted by atomic mass is 16.3. The third-order valence-corrected chi connectivity index (χ3v) is 11.1. The number of aliphatic imine (C=N–C) groups is 1. The molecule has 2 aromatic heterocycles. The largest absolute Gasteiger partial charge is 0.455 e. The molecule has 55 heavy (non-hydrogen) atoms. The van der Waals surface area contributed by atoms with E-state index in [9.17, 15) is 0 Å². The number of hydrogen-bond donors (Lipinski definition) is 1. The van der Waals surface area contributed by atoms with Crippen LogP contribution < -0.4 is 5.73 Å². The van der Waals surface area contributed by atoms with E-state index in [1.807, 2.05) is 42.6 Å². The van der Waals surface area contributed by atoms with Crippen molar-refractivity contribution in [2.24, 2.45) is 16.6 Å². The van der Waals surface area contributed by atoms with Gasteiger partial charge in [-0.3, -0.25) is 4.99 Å². The van der Waals surface area contributed by atoms with Crippen molar-refractivity contribution in [1.82, 2.24) is 4.57 Å². The highest BCUT2D eigenvalue weighted by Gasteiger charge is 2.29. The molecule has 1 aliphatic rings. The number of furan rings is 1. The first-order valence-corrected chi connectivity index (χ1v) is 19.0. The van der Waals surface area contributed by atoms with E-state index in [0.29, 0.717) is 0 Å². The minimum atomic E-state index is -0.232. The Morgan fingerprint density at radius 1 is 0.618 bits per heavy atom. The molecule has 7 aromatic carbocycles. The molecule has 3 atom stereocenters. The zero-order chi connectivity index (χ0) is 36.7. The van der Waals surface area contributed by atoms with Crippen LogP contribution in [0.2, 0.25) is 0 Å². The van der Waals surface area contributed by atoms with Gasteiger partial charge in [0.2, 0.25) is 0 Å². The number of allylic oxidation sites excluding steroid dienone is 3. The number of benzene rings is 7. The first kappa shape index (κ1) is 32.9. The monoisotopic (exact) mass is 709 g/mol. The molecule has 9 aromatic rings. The Kier molecular flexibility index (Phi) is 8.31. The molecular weight excluding hydrogens is 671 g/mol. The van der Waals surface area contributed by atoms with Crippen molar-refractivity contribution < 1.29 is 4.42 Å². The second-order valence-electron chi connectivity index (χ2n) is 14.5. The van der Waals surface area contributed by atoms with Crippen molar-refractivity contribution in [3.05, 3.63) is 199 Å². The van der Waals surface area contributed by atoms with Gasteiger partial charge in [-0.25, -0.2) is 0 Å². The van der Waals surface area contributed by atoms with Crippen LogP contribution >= 0.6 is 0 Å². The van der Waals surface area contributed by atoms with E-state index in [2.05, 4.69) is 156 Å². The molecule has 2 N–H and O–H groups in total. The molecule has 0 amide bonds. The maximum absolute atomic E-state index is 7.24. The fourth-order valence-electron chi connectivity index (χ4n) is 8.41. The van der Waals surface area contributed by atoms with Crippen molar-refractivity contribution >= 4 is 55.7 Å². The summed E-state index contributed by atoms with van der Waals surface area (Å²) in [6.07, 6.45) is 9.44. The summed E-state index contributed by atoms with van der Waals surface area (Å²) >= 11 is 0. The lowest BCUT2D eigenvalue weighted by atomic mass is 9.84. The maximum Gasteiger partial charge on any atom is 0.143 e. The van der Waals surface area contributed by atoms with Gasteiger partial charge >= 0.3 is 0 Å². The lowest BCUT2D eigenvalue weighted by Gasteiger charge is -2.30. The van der Waals surface area contributed by atoms with Gasteiger partial charge in [-0.15, -0.1) is 0 Å². The quantitative estimate of drug-likeness (QED) is 0.160. The lowest BCUT2D eigenvalue weighted by Crippen LogP contribution is -2.36. The second kappa shape index (κ2) is 13.9. The molecule has 2 unspecified atom stereocenters. The van der Waals surface area contributed by atoms with E-state index < -0.39 is 0 Å². The third kappa shape index (κ3) is 5.97. The number of hydrogen-bond acceptors (Lipinski definition) is 3. The van der Waals surface area contributed by atoms with Gasteiger partial charge in [0, 0.05) is 51.0 Å². The zero-order valence-corrected chi connectivity index (χ0v) is 30.3. The molecule has 4 heteroatoms. The number of nitrogens with two attached hydrogens (primary N) is 1. The summed E-state index contributed by atoms with van der Waals surface area (Å²) in [5.74, 6) is 0.0789. The van der Waals surface area contributed by atoms with Gasteiger partial charge in [0.15, 0.2) is 0 Å². The lowest BCUT2D eigenvalue weighted by molar-refractivity contribution is 0.435. The highest BCUT2D eigenvalue weighted by Crippen LogP contribution is 2.41. The Morgan fingerprint density at radius 2 is 1.31 bits per heavy atom. The van der Waals surface area contributed by atoms with Crippen LogP contribution in [0.5, 0.6) is 0 Å². The van der Waals surface area contributed by atoms with Gasteiger partial charge in [-0.1, -0.05) is 158 Å². The summed E-state index contributed by atoms with van der Waals surface area (Å²) in [5, 5.41) is 4.74. The SMILES string of the molecule is NC(C1C=CC=C(n2c3ccccc3c3ccc(-c4cccc(-c5cccc6c5oc5ccccc56)c4)cc32)C1)[C@H](N=Cc1ccccc1)c1ccccc1.